The number of oxime groups is 1. The van der Waals surface area contributed by atoms with Crippen LogP contribution < -0.4 is 5.56 Å². The van der Waals surface area contributed by atoms with Crippen LogP contribution in [0.25, 0.3) is 27.1 Å². The van der Waals surface area contributed by atoms with E-state index in [0.717, 1.165) is 27.1 Å². The van der Waals surface area contributed by atoms with Crippen molar-refractivity contribution in [2.24, 2.45) is 5.16 Å². The van der Waals surface area contributed by atoms with Crippen molar-refractivity contribution in [1.29, 1.82) is 0 Å². The van der Waals surface area contributed by atoms with Crippen molar-refractivity contribution in [3.8, 4) is 10.4 Å². The average Bonchev–Trinajstić information content (AvgIpc) is 3.09. The Bertz CT molecular complexity index is 1050. The SMILES string of the molecule is CC1=NOC(c2c(-c3cccs3)c3cc(Cl)ccc3[nH]c2=O)=CC1. The summed E-state index contributed by atoms with van der Waals surface area (Å²) in [6.07, 6.45) is 2.55. The molecule has 0 bridgehead atoms. The first-order valence-electron chi connectivity index (χ1n) is 7.44. The summed E-state index contributed by atoms with van der Waals surface area (Å²) >= 11 is 7.76. The predicted molar refractivity (Wildman–Crippen MR) is 99.7 cm³/mol. The third kappa shape index (κ3) is 2.56. The van der Waals surface area contributed by atoms with Crippen LogP contribution in [0.3, 0.4) is 0 Å². The zero-order valence-electron chi connectivity index (χ0n) is 12.8. The van der Waals surface area contributed by atoms with Crippen molar-refractivity contribution in [3.63, 3.8) is 0 Å². The number of thiophene rings is 1. The normalized spacial score (nSPS) is 14.2. The first-order chi connectivity index (χ1) is 11.6. The lowest BCUT2D eigenvalue weighted by Crippen LogP contribution is -2.16. The molecule has 0 saturated carbocycles. The molecule has 3 heterocycles. The van der Waals surface area contributed by atoms with Crippen LogP contribution in [0.5, 0.6) is 0 Å². The van der Waals surface area contributed by atoms with Crippen molar-refractivity contribution >= 4 is 45.3 Å². The standard InChI is InChI=1S/C18H13ClN2O2S/c1-10-4-7-14(23-21-10)17-16(15-3-2-8-24-15)12-9-11(19)5-6-13(12)20-18(17)22/h2-3,5-9H,4H2,1H3,(H,20,22). The van der Waals surface area contributed by atoms with Gasteiger partial charge in [0.1, 0.15) is 0 Å². The van der Waals surface area contributed by atoms with E-state index in [1.165, 1.54) is 0 Å². The van der Waals surface area contributed by atoms with E-state index in [1.807, 2.05) is 42.6 Å². The van der Waals surface area contributed by atoms with Crippen LogP contribution in [-0.4, -0.2) is 10.7 Å². The topological polar surface area (TPSA) is 54.4 Å². The molecule has 1 aromatic carbocycles. The van der Waals surface area contributed by atoms with Crippen LogP contribution in [0.2, 0.25) is 5.02 Å². The maximum absolute atomic E-state index is 12.8. The van der Waals surface area contributed by atoms with E-state index in [0.29, 0.717) is 22.8 Å². The zero-order valence-corrected chi connectivity index (χ0v) is 14.4. The fourth-order valence-corrected chi connectivity index (χ4v) is 3.73. The third-order valence-electron chi connectivity index (χ3n) is 3.87. The molecular formula is C18H13ClN2O2S. The number of fused-ring (bicyclic) bond motifs is 1. The van der Waals surface area contributed by atoms with Crippen LogP contribution in [-0.2, 0) is 4.84 Å². The van der Waals surface area contributed by atoms with Crippen LogP contribution in [0, 0.1) is 0 Å². The van der Waals surface area contributed by atoms with Gasteiger partial charge < -0.3 is 9.82 Å². The molecule has 0 aliphatic carbocycles. The van der Waals surface area contributed by atoms with Gasteiger partial charge in [0.25, 0.3) is 5.56 Å². The molecule has 1 aliphatic heterocycles. The molecule has 4 rings (SSSR count). The second-order valence-corrected chi connectivity index (χ2v) is 6.95. The molecule has 0 saturated heterocycles. The number of nitrogens with one attached hydrogen (secondary N) is 1. The number of hydrogen-bond donors (Lipinski definition) is 1. The van der Waals surface area contributed by atoms with Crippen LogP contribution in [0.1, 0.15) is 18.9 Å². The van der Waals surface area contributed by atoms with Gasteiger partial charge in [-0.25, -0.2) is 0 Å². The van der Waals surface area contributed by atoms with Crippen molar-refractivity contribution in [2.75, 3.05) is 0 Å². The molecule has 0 radical (unpaired) electrons. The first-order valence-corrected chi connectivity index (χ1v) is 8.69. The van der Waals surface area contributed by atoms with Gasteiger partial charge in [-0.15, -0.1) is 11.3 Å². The van der Waals surface area contributed by atoms with Gasteiger partial charge in [0.15, 0.2) is 5.76 Å². The Morgan fingerprint density at radius 2 is 2.17 bits per heavy atom. The van der Waals surface area contributed by atoms with Gasteiger partial charge in [-0.3, -0.25) is 4.79 Å². The molecule has 0 amide bonds. The maximum Gasteiger partial charge on any atom is 0.260 e. The Morgan fingerprint density at radius 3 is 2.88 bits per heavy atom. The van der Waals surface area contributed by atoms with E-state index in [9.17, 15) is 4.79 Å². The monoisotopic (exact) mass is 356 g/mol. The van der Waals surface area contributed by atoms with Gasteiger partial charge in [0.05, 0.1) is 11.3 Å². The van der Waals surface area contributed by atoms with Crippen LogP contribution in [0.15, 0.2) is 51.7 Å². The molecule has 2 aromatic heterocycles. The van der Waals surface area contributed by atoms with E-state index >= 15 is 0 Å². The number of nitrogens with zero attached hydrogens (tertiary/aromatic N) is 1. The predicted octanol–water partition coefficient (Wildman–Crippen LogP) is 5.05. The lowest BCUT2D eigenvalue weighted by molar-refractivity contribution is 0.291. The summed E-state index contributed by atoms with van der Waals surface area (Å²) < 4.78 is 0. The van der Waals surface area contributed by atoms with Crippen molar-refractivity contribution in [1.82, 2.24) is 4.98 Å². The number of benzene rings is 1. The number of H-pyrrole nitrogens is 1. The largest absolute Gasteiger partial charge is 0.357 e. The summed E-state index contributed by atoms with van der Waals surface area (Å²) in [6.45, 7) is 1.89. The number of pyridine rings is 1. The van der Waals surface area contributed by atoms with Gasteiger partial charge in [0, 0.05) is 32.8 Å². The second kappa shape index (κ2) is 5.92. The van der Waals surface area contributed by atoms with Crippen LogP contribution in [0.4, 0.5) is 0 Å². The molecule has 1 aliphatic rings. The first kappa shape index (κ1) is 15.2. The molecule has 0 fully saturated rings. The Balaban J connectivity index is 2.07. The van der Waals surface area contributed by atoms with Gasteiger partial charge in [-0.1, -0.05) is 22.8 Å². The summed E-state index contributed by atoms with van der Waals surface area (Å²) in [5.74, 6) is 0.479. The molecule has 0 spiro atoms. The number of aromatic nitrogens is 1. The fourth-order valence-electron chi connectivity index (χ4n) is 2.77. The molecule has 3 aromatic rings. The average molecular weight is 357 g/mol. The van der Waals surface area contributed by atoms with Crippen molar-refractivity contribution in [3.05, 3.63) is 62.7 Å². The van der Waals surface area contributed by atoms with E-state index in [4.69, 9.17) is 16.4 Å². The van der Waals surface area contributed by atoms with E-state index in [1.54, 1.807) is 17.4 Å². The summed E-state index contributed by atoms with van der Waals surface area (Å²) in [5.41, 5.74) is 2.73. The number of allylic oxidation sites excluding steroid dienone is 1. The maximum atomic E-state index is 12.8. The summed E-state index contributed by atoms with van der Waals surface area (Å²) in [6, 6.07) is 9.39. The van der Waals surface area contributed by atoms with E-state index < -0.39 is 0 Å². The highest BCUT2D eigenvalue weighted by molar-refractivity contribution is 7.13. The van der Waals surface area contributed by atoms with Gasteiger partial charge in [-0.05, 0) is 42.6 Å². The number of aromatic amines is 1. The van der Waals surface area contributed by atoms with Crippen LogP contribution >= 0.6 is 22.9 Å². The van der Waals surface area contributed by atoms with Gasteiger partial charge in [-0.2, -0.15) is 0 Å². The summed E-state index contributed by atoms with van der Waals surface area (Å²) in [7, 11) is 0. The number of halogens is 1. The molecule has 24 heavy (non-hydrogen) atoms. The Hall–Kier alpha value is -2.37. The van der Waals surface area contributed by atoms with Crippen molar-refractivity contribution in [2.45, 2.75) is 13.3 Å². The highest BCUT2D eigenvalue weighted by atomic mass is 35.5. The molecule has 4 nitrogen and oxygen atoms in total. The summed E-state index contributed by atoms with van der Waals surface area (Å²) in [5, 5.41) is 7.50. The fraction of sp³-hybridized carbons (Fsp3) is 0.111. The molecule has 6 heteroatoms. The lowest BCUT2D eigenvalue weighted by atomic mass is 9.99. The van der Waals surface area contributed by atoms with Crippen molar-refractivity contribution < 1.29 is 4.84 Å². The van der Waals surface area contributed by atoms with E-state index in [-0.39, 0.29) is 5.56 Å². The number of hydrogen-bond acceptors (Lipinski definition) is 4. The van der Waals surface area contributed by atoms with Gasteiger partial charge >= 0.3 is 0 Å². The lowest BCUT2D eigenvalue weighted by Gasteiger charge is -2.15. The minimum absolute atomic E-state index is 0.200. The molecule has 0 unspecified atom stereocenters. The smallest absolute Gasteiger partial charge is 0.260 e. The zero-order chi connectivity index (χ0) is 16.7. The summed E-state index contributed by atoms with van der Waals surface area (Å²) in [4.78, 5) is 22.1. The highest BCUT2D eigenvalue weighted by Gasteiger charge is 2.21. The van der Waals surface area contributed by atoms with Gasteiger partial charge in [0.2, 0.25) is 0 Å². The minimum atomic E-state index is -0.200. The molecule has 0 atom stereocenters. The third-order valence-corrected chi connectivity index (χ3v) is 5.00. The Kier molecular flexibility index (Phi) is 3.75. The quantitative estimate of drug-likeness (QED) is 0.698. The highest BCUT2D eigenvalue weighted by Crippen LogP contribution is 2.37. The minimum Gasteiger partial charge on any atom is -0.357 e. The molecule has 120 valence electrons. The molecular weight excluding hydrogens is 344 g/mol. The van der Waals surface area contributed by atoms with E-state index in [2.05, 4.69) is 10.1 Å². The second-order valence-electron chi connectivity index (χ2n) is 5.56. The Labute approximate surface area is 147 Å². The number of rotatable bonds is 2. The molecule has 1 N–H and O–H groups in total. The Morgan fingerprint density at radius 1 is 1.29 bits per heavy atom.